The Bertz CT molecular complexity index is 1170. The molecule has 218 valence electrons. The predicted octanol–water partition coefficient (Wildman–Crippen LogP) is 3.85. The number of ether oxygens (including phenoxy) is 1. The molecule has 1 unspecified atom stereocenters. The molecule has 40 heavy (non-hydrogen) atoms. The van der Waals surface area contributed by atoms with E-state index >= 15 is 4.39 Å². The Morgan fingerprint density at radius 1 is 1.05 bits per heavy atom. The first-order valence-electron chi connectivity index (χ1n) is 14.7. The van der Waals surface area contributed by atoms with Gasteiger partial charge in [0.15, 0.2) is 0 Å². The highest BCUT2D eigenvalue weighted by Crippen LogP contribution is 2.36. The van der Waals surface area contributed by atoms with Gasteiger partial charge in [-0.3, -0.25) is 19.7 Å². The maximum atomic E-state index is 15.2. The zero-order chi connectivity index (χ0) is 28.6. The number of carbonyl (C=O) groups is 4. The summed E-state index contributed by atoms with van der Waals surface area (Å²) < 4.78 is 20.6. The van der Waals surface area contributed by atoms with Gasteiger partial charge in [-0.25, -0.2) is 9.18 Å². The summed E-state index contributed by atoms with van der Waals surface area (Å²) in [5.41, 5.74) is 1.24. The minimum absolute atomic E-state index is 0.0927. The zero-order valence-electron chi connectivity index (χ0n) is 23.8. The number of hydrogen-bond donors (Lipinski definition) is 2. The first kappa shape index (κ1) is 28.5. The van der Waals surface area contributed by atoms with E-state index in [0.717, 1.165) is 63.7 Å². The van der Waals surface area contributed by atoms with Gasteiger partial charge < -0.3 is 19.9 Å². The highest BCUT2D eigenvalue weighted by Gasteiger charge is 2.40. The number of nitrogens with one attached hydrogen (secondary N) is 2. The quantitative estimate of drug-likeness (QED) is 0.534. The maximum Gasteiger partial charge on any atom is 0.407 e. The van der Waals surface area contributed by atoms with Gasteiger partial charge in [0.25, 0.3) is 5.91 Å². The minimum atomic E-state index is -0.699. The van der Waals surface area contributed by atoms with Gasteiger partial charge in [-0.1, -0.05) is 6.07 Å². The largest absolute Gasteiger partial charge is 0.444 e. The standard InChI is InChI=1S/C30H41FN4O5/c1-30(2,3)40-29(39)32-21-6-4-18(5-7-21)16-34-12-10-19(11-13-34)22-14-20-17-35(28(38)23(20)15-24(22)31)25-8-9-26(36)33-27(25)37/h14-15,18-19,21,25H,4-13,16-17H2,1-3H3,(H,32,39)(H,33,36,37). The van der Waals surface area contributed by atoms with Crippen LogP contribution >= 0.6 is 0 Å². The molecule has 0 radical (unpaired) electrons. The fourth-order valence-corrected chi connectivity index (χ4v) is 6.68. The summed E-state index contributed by atoms with van der Waals surface area (Å²) in [7, 11) is 0. The SMILES string of the molecule is CC(C)(C)OC(=O)NC1CCC(CN2CCC(c3cc4c(cc3F)C(=O)N(C3CCC(=O)NC3=O)C4)CC2)CC1. The van der Waals surface area contributed by atoms with Crippen LogP contribution < -0.4 is 10.6 Å². The molecule has 4 aliphatic rings. The Balaban J connectivity index is 1.11. The molecule has 0 bridgehead atoms. The van der Waals surface area contributed by atoms with Crippen molar-refractivity contribution in [3.8, 4) is 0 Å². The van der Waals surface area contributed by atoms with E-state index in [4.69, 9.17) is 4.74 Å². The normalized spacial score (nSPS) is 26.4. The fraction of sp³-hybridized carbons (Fsp3) is 0.667. The summed E-state index contributed by atoms with van der Waals surface area (Å²) >= 11 is 0. The van der Waals surface area contributed by atoms with Crippen molar-refractivity contribution >= 4 is 23.8 Å². The van der Waals surface area contributed by atoms with Crippen molar-refractivity contribution < 1.29 is 28.3 Å². The number of alkyl carbamates (subject to hydrolysis) is 1. The van der Waals surface area contributed by atoms with Crippen molar-refractivity contribution in [2.24, 2.45) is 5.92 Å². The molecule has 2 saturated heterocycles. The van der Waals surface area contributed by atoms with E-state index in [9.17, 15) is 19.2 Å². The molecule has 3 aliphatic heterocycles. The number of imide groups is 1. The third kappa shape index (κ3) is 6.48. The van der Waals surface area contributed by atoms with Gasteiger partial charge in [0.2, 0.25) is 11.8 Å². The van der Waals surface area contributed by atoms with E-state index in [1.165, 1.54) is 11.0 Å². The summed E-state index contributed by atoms with van der Waals surface area (Å²) in [4.78, 5) is 52.8. The maximum absolute atomic E-state index is 15.2. The first-order valence-corrected chi connectivity index (χ1v) is 14.7. The lowest BCUT2D eigenvalue weighted by atomic mass is 9.84. The number of hydrogen-bond acceptors (Lipinski definition) is 6. The average molecular weight is 557 g/mol. The van der Waals surface area contributed by atoms with Gasteiger partial charge in [-0.2, -0.15) is 0 Å². The minimum Gasteiger partial charge on any atom is -0.444 e. The van der Waals surface area contributed by atoms with E-state index in [1.54, 1.807) is 0 Å². The Morgan fingerprint density at radius 2 is 1.75 bits per heavy atom. The number of amides is 4. The molecule has 4 amide bonds. The van der Waals surface area contributed by atoms with Crippen molar-refractivity contribution in [2.45, 2.75) is 102 Å². The Morgan fingerprint density at radius 3 is 2.40 bits per heavy atom. The molecule has 9 nitrogen and oxygen atoms in total. The van der Waals surface area contributed by atoms with Crippen molar-refractivity contribution in [2.75, 3.05) is 19.6 Å². The Kier molecular flexibility index (Phi) is 8.17. The number of nitrogens with zero attached hydrogens (tertiary/aromatic N) is 2. The second kappa shape index (κ2) is 11.5. The highest BCUT2D eigenvalue weighted by atomic mass is 19.1. The van der Waals surface area contributed by atoms with Gasteiger partial charge in [-0.05, 0) is 108 Å². The van der Waals surface area contributed by atoms with Crippen LogP contribution in [0.25, 0.3) is 0 Å². The lowest BCUT2D eigenvalue weighted by Gasteiger charge is -2.37. The van der Waals surface area contributed by atoms with E-state index in [1.807, 2.05) is 26.8 Å². The molecule has 1 aromatic rings. The summed E-state index contributed by atoms with van der Waals surface area (Å²) in [5, 5.41) is 5.31. The van der Waals surface area contributed by atoms with E-state index < -0.39 is 17.6 Å². The number of halogens is 1. The van der Waals surface area contributed by atoms with E-state index in [-0.39, 0.29) is 48.7 Å². The molecule has 3 fully saturated rings. The third-order valence-electron chi connectivity index (χ3n) is 8.75. The molecular weight excluding hydrogens is 515 g/mol. The number of rotatable bonds is 5. The Hall–Kier alpha value is -3.01. The fourth-order valence-electron chi connectivity index (χ4n) is 6.68. The molecule has 10 heteroatoms. The van der Waals surface area contributed by atoms with E-state index in [0.29, 0.717) is 23.5 Å². The smallest absolute Gasteiger partial charge is 0.407 e. The average Bonchev–Trinajstić information content (AvgIpc) is 3.19. The van der Waals surface area contributed by atoms with Crippen molar-refractivity contribution in [3.05, 3.63) is 34.6 Å². The molecule has 1 saturated carbocycles. The van der Waals surface area contributed by atoms with E-state index in [2.05, 4.69) is 15.5 Å². The van der Waals surface area contributed by atoms with Crippen LogP contribution in [-0.2, 0) is 20.9 Å². The third-order valence-corrected chi connectivity index (χ3v) is 8.75. The lowest BCUT2D eigenvalue weighted by Crippen LogP contribution is -2.52. The molecule has 1 atom stereocenters. The van der Waals surface area contributed by atoms with Gasteiger partial charge >= 0.3 is 6.09 Å². The Labute approximate surface area is 235 Å². The van der Waals surface area contributed by atoms with Crippen LogP contribution in [0.15, 0.2) is 12.1 Å². The number of carbonyl (C=O) groups excluding carboxylic acids is 4. The number of fused-ring (bicyclic) bond motifs is 1. The molecule has 1 aliphatic carbocycles. The van der Waals surface area contributed by atoms with Crippen LogP contribution in [-0.4, -0.2) is 70.9 Å². The number of piperidine rings is 2. The predicted molar refractivity (Wildman–Crippen MR) is 146 cm³/mol. The van der Waals surface area contributed by atoms with Crippen molar-refractivity contribution in [1.82, 2.24) is 20.4 Å². The van der Waals surface area contributed by atoms with Crippen LogP contribution in [0.1, 0.15) is 99.5 Å². The van der Waals surface area contributed by atoms with Crippen LogP contribution in [0.5, 0.6) is 0 Å². The molecule has 0 spiro atoms. The second-order valence-corrected chi connectivity index (χ2v) is 12.9. The zero-order valence-corrected chi connectivity index (χ0v) is 23.8. The topological polar surface area (TPSA) is 108 Å². The summed E-state index contributed by atoms with van der Waals surface area (Å²) in [6, 6.07) is 2.64. The van der Waals surface area contributed by atoms with Gasteiger partial charge in [0, 0.05) is 31.1 Å². The lowest BCUT2D eigenvalue weighted by molar-refractivity contribution is -0.136. The highest BCUT2D eigenvalue weighted by molar-refractivity contribution is 6.05. The summed E-state index contributed by atoms with van der Waals surface area (Å²) in [6.07, 6.45) is 5.90. The molecular formula is C30H41FN4O5. The molecule has 1 aromatic carbocycles. The number of benzene rings is 1. The van der Waals surface area contributed by atoms with Gasteiger partial charge in [0.05, 0.1) is 0 Å². The molecule has 2 N–H and O–H groups in total. The van der Waals surface area contributed by atoms with Crippen LogP contribution in [0.4, 0.5) is 9.18 Å². The molecule has 3 heterocycles. The van der Waals surface area contributed by atoms with Crippen LogP contribution in [0.3, 0.4) is 0 Å². The second-order valence-electron chi connectivity index (χ2n) is 12.9. The van der Waals surface area contributed by atoms with Crippen LogP contribution in [0, 0.1) is 11.7 Å². The van der Waals surface area contributed by atoms with Crippen molar-refractivity contribution in [3.63, 3.8) is 0 Å². The van der Waals surface area contributed by atoms with Gasteiger partial charge in [-0.15, -0.1) is 0 Å². The van der Waals surface area contributed by atoms with Crippen molar-refractivity contribution in [1.29, 1.82) is 0 Å². The molecule has 5 rings (SSSR count). The number of likely N-dealkylation sites (tertiary alicyclic amines) is 1. The van der Waals surface area contributed by atoms with Gasteiger partial charge in [0.1, 0.15) is 17.5 Å². The monoisotopic (exact) mass is 556 g/mol. The summed E-state index contributed by atoms with van der Waals surface area (Å²) in [5.74, 6) is -0.803. The first-order chi connectivity index (χ1) is 19.0. The van der Waals surface area contributed by atoms with Crippen LogP contribution in [0.2, 0.25) is 0 Å². The summed E-state index contributed by atoms with van der Waals surface area (Å²) in [6.45, 7) is 8.68. The molecule has 0 aromatic heterocycles.